The van der Waals surface area contributed by atoms with E-state index in [4.69, 9.17) is 21.3 Å². The molecule has 2 aromatic heterocycles. The Bertz CT molecular complexity index is 1160. The fourth-order valence-electron chi connectivity index (χ4n) is 3.37. The Morgan fingerprint density at radius 3 is 2.65 bits per heavy atom. The van der Waals surface area contributed by atoms with Crippen molar-refractivity contribution in [2.75, 3.05) is 6.61 Å². The molecule has 0 bridgehead atoms. The Balaban J connectivity index is 1.38. The van der Waals surface area contributed by atoms with Crippen LogP contribution in [0.15, 0.2) is 72.9 Å². The van der Waals surface area contributed by atoms with Crippen LogP contribution in [-0.4, -0.2) is 27.0 Å². The molecule has 2 aromatic carbocycles. The largest absolute Gasteiger partial charge is 0.492 e. The Morgan fingerprint density at radius 1 is 1.00 bits per heavy atom. The van der Waals surface area contributed by atoms with E-state index < -0.39 is 0 Å². The molecule has 4 rings (SSSR count). The Morgan fingerprint density at radius 2 is 1.81 bits per heavy atom. The van der Waals surface area contributed by atoms with E-state index in [9.17, 15) is 4.79 Å². The zero-order chi connectivity index (χ0) is 21.5. The van der Waals surface area contributed by atoms with E-state index in [-0.39, 0.29) is 5.91 Å². The van der Waals surface area contributed by atoms with E-state index in [2.05, 4.69) is 14.9 Å². The van der Waals surface area contributed by atoms with Crippen molar-refractivity contribution in [3.8, 4) is 5.75 Å². The maximum absolute atomic E-state index is 12.4. The smallest absolute Gasteiger partial charge is 0.270 e. The van der Waals surface area contributed by atoms with Gasteiger partial charge in [0.1, 0.15) is 17.3 Å². The first-order valence-electron chi connectivity index (χ1n) is 10.2. The fraction of sp³-hybridized carbons (Fsp3) is 0.208. The highest BCUT2D eigenvalue weighted by Crippen LogP contribution is 2.23. The minimum atomic E-state index is -0.215. The van der Waals surface area contributed by atoms with E-state index in [1.165, 1.54) is 0 Å². The number of unbranched alkanes of at least 4 members (excludes halogenated alkanes) is 1. The summed E-state index contributed by atoms with van der Waals surface area (Å²) in [6.45, 7) is 1.70. The number of carbonyl (C=O) groups is 1. The number of hydrogen-bond donors (Lipinski definition) is 1. The van der Waals surface area contributed by atoms with Crippen LogP contribution in [0.3, 0.4) is 0 Å². The molecule has 0 spiro atoms. The van der Waals surface area contributed by atoms with Crippen molar-refractivity contribution in [3.05, 3.63) is 89.5 Å². The van der Waals surface area contributed by atoms with Gasteiger partial charge in [-0.3, -0.25) is 9.78 Å². The maximum Gasteiger partial charge on any atom is 0.270 e. The summed E-state index contributed by atoms with van der Waals surface area (Å²) < 4.78 is 7.94. The molecular weight excluding hydrogens is 412 g/mol. The summed E-state index contributed by atoms with van der Waals surface area (Å²) in [6.07, 6.45) is 3.39. The number of benzene rings is 2. The molecule has 158 valence electrons. The summed E-state index contributed by atoms with van der Waals surface area (Å²) in [6, 6.07) is 20.7. The van der Waals surface area contributed by atoms with Crippen molar-refractivity contribution in [2.45, 2.75) is 25.9 Å². The summed E-state index contributed by atoms with van der Waals surface area (Å²) in [5, 5.41) is 3.54. The first-order valence-corrected chi connectivity index (χ1v) is 10.6. The van der Waals surface area contributed by atoms with Gasteiger partial charge in [0.25, 0.3) is 5.91 Å². The molecule has 0 radical (unpaired) electrons. The molecule has 0 saturated heterocycles. The van der Waals surface area contributed by atoms with Crippen LogP contribution in [0.4, 0.5) is 0 Å². The number of pyridine rings is 1. The number of nitrogens with one attached hydrogen (secondary N) is 1. The topological polar surface area (TPSA) is 69.0 Å². The number of rotatable bonds is 9. The highest BCUT2D eigenvalue weighted by Gasteiger charge is 2.13. The summed E-state index contributed by atoms with van der Waals surface area (Å²) >= 11 is 6.13. The van der Waals surface area contributed by atoms with E-state index in [0.717, 1.165) is 36.2 Å². The fourth-order valence-corrected chi connectivity index (χ4v) is 3.56. The van der Waals surface area contributed by atoms with E-state index in [1.807, 2.05) is 48.5 Å². The van der Waals surface area contributed by atoms with Crippen LogP contribution in [0.25, 0.3) is 11.0 Å². The van der Waals surface area contributed by atoms with Gasteiger partial charge in [0.15, 0.2) is 0 Å². The second kappa shape index (κ2) is 10.1. The lowest BCUT2D eigenvalue weighted by Crippen LogP contribution is -2.25. The number of imidazole rings is 1. The lowest BCUT2D eigenvalue weighted by atomic mass is 10.3. The average Bonchev–Trinajstić information content (AvgIpc) is 3.16. The number of fused-ring (bicyclic) bond motifs is 1. The number of para-hydroxylation sites is 3. The summed E-state index contributed by atoms with van der Waals surface area (Å²) in [7, 11) is 0. The second-order valence-corrected chi connectivity index (χ2v) is 7.46. The standard InChI is InChI=1S/C24H23ClN4O2/c25-18-9-1-4-13-22(18)31-16-8-7-15-29-21-12-3-2-10-19(21)28-23(29)17-27-24(30)20-11-5-6-14-26-20/h1-6,9-14H,7-8,15-17H2,(H,27,30). The van der Waals surface area contributed by atoms with Gasteiger partial charge in [-0.05, 0) is 49.2 Å². The van der Waals surface area contributed by atoms with Crippen molar-refractivity contribution in [2.24, 2.45) is 0 Å². The highest BCUT2D eigenvalue weighted by molar-refractivity contribution is 6.32. The molecule has 0 atom stereocenters. The third kappa shape index (κ3) is 5.22. The molecule has 1 N–H and O–H groups in total. The molecular formula is C24H23ClN4O2. The number of halogens is 1. The van der Waals surface area contributed by atoms with Crippen molar-refractivity contribution in [3.63, 3.8) is 0 Å². The van der Waals surface area contributed by atoms with Crippen molar-refractivity contribution < 1.29 is 9.53 Å². The van der Waals surface area contributed by atoms with Crippen LogP contribution < -0.4 is 10.1 Å². The molecule has 4 aromatic rings. The maximum atomic E-state index is 12.4. The van der Waals surface area contributed by atoms with Crippen molar-refractivity contribution in [1.29, 1.82) is 0 Å². The van der Waals surface area contributed by atoms with Crippen molar-refractivity contribution in [1.82, 2.24) is 19.9 Å². The van der Waals surface area contributed by atoms with Gasteiger partial charge in [-0.15, -0.1) is 0 Å². The second-order valence-electron chi connectivity index (χ2n) is 7.05. The van der Waals surface area contributed by atoms with Gasteiger partial charge in [-0.2, -0.15) is 0 Å². The normalized spacial score (nSPS) is 10.9. The van der Waals surface area contributed by atoms with Crippen LogP contribution in [0.1, 0.15) is 29.2 Å². The number of nitrogens with zero attached hydrogens (tertiary/aromatic N) is 3. The van der Waals surface area contributed by atoms with E-state index >= 15 is 0 Å². The molecule has 6 nitrogen and oxygen atoms in total. The van der Waals surface area contributed by atoms with Crippen LogP contribution in [0.2, 0.25) is 5.02 Å². The molecule has 0 aliphatic carbocycles. The minimum Gasteiger partial charge on any atom is -0.492 e. The quantitative estimate of drug-likeness (QED) is 0.381. The number of aromatic nitrogens is 3. The summed E-state index contributed by atoms with van der Waals surface area (Å²) in [4.78, 5) is 21.2. The monoisotopic (exact) mass is 434 g/mol. The lowest BCUT2D eigenvalue weighted by Gasteiger charge is -2.11. The number of aryl methyl sites for hydroxylation is 1. The number of amides is 1. The summed E-state index contributed by atoms with van der Waals surface area (Å²) in [5.41, 5.74) is 2.36. The minimum absolute atomic E-state index is 0.215. The van der Waals surface area contributed by atoms with Crippen LogP contribution >= 0.6 is 11.6 Å². The van der Waals surface area contributed by atoms with Gasteiger partial charge in [-0.25, -0.2) is 4.98 Å². The molecule has 0 saturated carbocycles. The van der Waals surface area contributed by atoms with E-state index in [1.54, 1.807) is 24.4 Å². The molecule has 0 aliphatic heterocycles. The molecule has 0 aliphatic rings. The third-order valence-corrected chi connectivity index (χ3v) is 5.22. The van der Waals surface area contributed by atoms with Gasteiger partial charge < -0.3 is 14.6 Å². The predicted molar refractivity (Wildman–Crippen MR) is 121 cm³/mol. The summed E-state index contributed by atoms with van der Waals surface area (Å²) in [5.74, 6) is 1.31. The van der Waals surface area contributed by atoms with Crippen molar-refractivity contribution >= 4 is 28.5 Å². The Hall–Kier alpha value is -3.38. The predicted octanol–water partition coefficient (Wildman–Crippen LogP) is 4.87. The first kappa shape index (κ1) is 20.9. The van der Waals surface area contributed by atoms with Crippen LogP contribution in [0.5, 0.6) is 5.75 Å². The molecule has 1 amide bonds. The molecule has 31 heavy (non-hydrogen) atoms. The van der Waals surface area contributed by atoms with Gasteiger partial charge in [0, 0.05) is 12.7 Å². The Kier molecular flexibility index (Phi) is 6.79. The Labute approximate surface area is 185 Å². The van der Waals surface area contributed by atoms with E-state index in [0.29, 0.717) is 29.6 Å². The van der Waals surface area contributed by atoms with Gasteiger partial charge in [0.2, 0.25) is 0 Å². The van der Waals surface area contributed by atoms with Crippen LogP contribution in [-0.2, 0) is 13.1 Å². The van der Waals surface area contributed by atoms with Gasteiger partial charge in [-0.1, -0.05) is 41.9 Å². The SMILES string of the molecule is O=C(NCc1nc2ccccc2n1CCCCOc1ccccc1Cl)c1ccccn1. The highest BCUT2D eigenvalue weighted by atomic mass is 35.5. The zero-order valence-electron chi connectivity index (χ0n) is 17.0. The first-order chi connectivity index (χ1) is 15.2. The third-order valence-electron chi connectivity index (χ3n) is 4.91. The molecule has 0 fully saturated rings. The average molecular weight is 435 g/mol. The zero-order valence-corrected chi connectivity index (χ0v) is 17.8. The number of hydrogen-bond acceptors (Lipinski definition) is 4. The lowest BCUT2D eigenvalue weighted by molar-refractivity contribution is 0.0944. The molecule has 7 heteroatoms. The van der Waals surface area contributed by atoms with Gasteiger partial charge in [0.05, 0.1) is 29.2 Å². The van der Waals surface area contributed by atoms with Gasteiger partial charge >= 0.3 is 0 Å². The number of carbonyl (C=O) groups excluding carboxylic acids is 1. The molecule has 0 unspecified atom stereocenters. The van der Waals surface area contributed by atoms with Crippen LogP contribution in [0, 0.1) is 0 Å². The number of ether oxygens (including phenoxy) is 1. The molecule has 2 heterocycles.